The smallest absolute Gasteiger partial charge is 0.325 e. The molecule has 2 aliphatic heterocycles. The van der Waals surface area contributed by atoms with E-state index in [1.807, 2.05) is 0 Å². The molecule has 1 fully saturated rings. The number of urea groups is 1. The van der Waals surface area contributed by atoms with E-state index in [4.69, 9.17) is 30.5 Å². The van der Waals surface area contributed by atoms with Crippen molar-refractivity contribution in [2.24, 2.45) is 0 Å². The van der Waals surface area contributed by atoms with Crippen LogP contribution < -0.4 is 24.3 Å². The third-order valence-electron chi connectivity index (χ3n) is 5.44. The second-order valence-corrected chi connectivity index (χ2v) is 7.88. The van der Waals surface area contributed by atoms with Crippen molar-refractivity contribution in [3.8, 4) is 23.0 Å². The molecule has 2 aliphatic rings. The molecule has 1 saturated heterocycles. The van der Waals surface area contributed by atoms with Gasteiger partial charge < -0.3 is 24.3 Å². The molecule has 1 N–H and O–H groups in total. The van der Waals surface area contributed by atoms with Crippen LogP contribution in [0.2, 0.25) is 5.02 Å². The van der Waals surface area contributed by atoms with Gasteiger partial charge >= 0.3 is 6.03 Å². The second-order valence-electron chi connectivity index (χ2n) is 7.47. The largest absolute Gasteiger partial charge is 0.493 e. The van der Waals surface area contributed by atoms with Crippen LogP contribution in [0.3, 0.4) is 0 Å². The van der Waals surface area contributed by atoms with E-state index in [-0.39, 0.29) is 12.5 Å². The van der Waals surface area contributed by atoms with Crippen molar-refractivity contribution < 1.29 is 28.5 Å². The Balaban J connectivity index is 1.62. The summed E-state index contributed by atoms with van der Waals surface area (Å²) in [6.07, 6.45) is 0.747. The number of imide groups is 1. The van der Waals surface area contributed by atoms with Crippen LogP contribution in [0.4, 0.5) is 4.79 Å². The Kier molecular flexibility index (Phi) is 5.58. The number of hydrogen-bond acceptors (Lipinski definition) is 6. The van der Waals surface area contributed by atoms with E-state index in [0.717, 1.165) is 11.3 Å². The Labute approximate surface area is 185 Å². The highest BCUT2D eigenvalue weighted by molar-refractivity contribution is 6.32. The van der Waals surface area contributed by atoms with E-state index in [9.17, 15) is 9.59 Å². The molecule has 0 aromatic heterocycles. The van der Waals surface area contributed by atoms with Gasteiger partial charge in [-0.25, -0.2) is 4.79 Å². The molecule has 4 rings (SSSR count). The number of nitrogens with zero attached hydrogens (tertiary/aromatic N) is 1. The molecular formula is C22H23ClN2O6. The summed E-state index contributed by atoms with van der Waals surface area (Å²) in [4.78, 5) is 27.2. The summed E-state index contributed by atoms with van der Waals surface area (Å²) in [5, 5.41) is 3.17. The normalized spacial score (nSPS) is 20.3. The molecule has 1 atom stereocenters. The van der Waals surface area contributed by atoms with Crippen LogP contribution in [0.15, 0.2) is 30.3 Å². The lowest BCUT2D eigenvalue weighted by Crippen LogP contribution is -2.40. The van der Waals surface area contributed by atoms with Gasteiger partial charge in [0.2, 0.25) is 0 Å². The van der Waals surface area contributed by atoms with Gasteiger partial charge in [-0.15, -0.1) is 0 Å². The van der Waals surface area contributed by atoms with Gasteiger partial charge in [-0.2, -0.15) is 0 Å². The van der Waals surface area contributed by atoms with E-state index in [1.165, 1.54) is 14.2 Å². The summed E-state index contributed by atoms with van der Waals surface area (Å²) in [6.45, 7) is 2.73. The Morgan fingerprint density at radius 3 is 2.58 bits per heavy atom. The minimum absolute atomic E-state index is 0.0455. The monoisotopic (exact) mass is 446 g/mol. The minimum atomic E-state index is -1.24. The number of amides is 3. The molecular weight excluding hydrogens is 424 g/mol. The van der Waals surface area contributed by atoms with E-state index in [2.05, 4.69) is 5.32 Å². The number of rotatable bonds is 5. The quantitative estimate of drug-likeness (QED) is 0.707. The van der Waals surface area contributed by atoms with Crippen molar-refractivity contribution >= 4 is 23.5 Å². The molecule has 0 saturated carbocycles. The number of benzene rings is 2. The lowest BCUT2D eigenvalue weighted by atomic mass is 9.91. The Bertz CT molecular complexity index is 1040. The summed E-state index contributed by atoms with van der Waals surface area (Å²) in [5.74, 6) is 1.61. The molecule has 2 aromatic rings. The predicted molar refractivity (Wildman–Crippen MR) is 113 cm³/mol. The molecule has 3 amide bonds. The molecule has 31 heavy (non-hydrogen) atoms. The van der Waals surface area contributed by atoms with E-state index in [1.54, 1.807) is 37.3 Å². The summed E-state index contributed by atoms with van der Waals surface area (Å²) in [6, 6.07) is 8.05. The molecule has 2 heterocycles. The van der Waals surface area contributed by atoms with Gasteiger partial charge in [0.1, 0.15) is 5.54 Å². The molecule has 0 spiro atoms. The van der Waals surface area contributed by atoms with Crippen LogP contribution >= 0.6 is 11.6 Å². The van der Waals surface area contributed by atoms with Gasteiger partial charge in [0.25, 0.3) is 5.91 Å². The average molecular weight is 447 g/mol. The number of methoxy groups -OCH3 is 2. The van der Waals surface area contributed by atoms with Gasteiger partial charge in [0.05, 0.1) is 39.0 Å². The predicted octanol–water partition coefficient (Wildman–Crippen LogP) is 3.49. The lowest BCUT2D eigenvalue weighted by Gasteiger charge is -2.23. The highest BCUT2D eigenvalue weighted by Gasteiger charge is 2.49. The van der Waals surface area contributed by atoms with Gasteiger partial charge in [-0.1, -0.05) is 17.7 Å². The highest BCUT2D eigenvalue weighted by atomic mass is 35.5. The standard InChI is InChI=1S/C22H23ClN2O6/c1-22(14-5-6-16(28-2)17(11-14)29-3)20(26)25(21(27)24-22)12-13-9-15(23)19-18(10-13)30-7-4-8-31-19/h5-6,9-11H,4,7-8,12H2,1-3H3,(H,24,27)/t22-/m0/s1. The third kappa shape index (κ3) is 3.72. The Morgan fingerprint density at radius 1 is 1.10 bits per heavy atom. The van der Waals surface area contributed by atoms with E-state index >= 15 is 0 Å². The average Bonchev–Trinajstić information content (AvgIpc) is 2.93. The lowest BCUT2D eigenvalue weighted by molar-refractivity contribution is -0.131. The van der Waals surface area contributed by atoms with Crippen LogP contribution in [0, 0.1) is 0 Å². The zero-order valence-electron chi connectivity index (χ0n) is 17.5. The fraction of sp³-hybridized carbons (Fsp3) is 0.364. The summed E-state index contributed by atoms with van der Waals surface area (Å²) in [7, 11) is 3.04. The van der Waals surface area contributed by atoms with Crippen molar-refractivity contribution in [3.63, 3.8) is 0 Å². The van der Waals surface area contributed by atoms with Crippen molar-refractivity contribution in [1.82, 2.24) is 10.2 Å². The first kappa shape index (κ1) is 21.1. The first-order valence-electron chi connectivity index (χ1n) is 9.82. The SMILES string of the molecule is COc1ccc([C@]2(C)NC(=O)N(Cc3cc(Cl)c4c(c3)OCCCO4)C2=O)cc1OC. The van der Waals surface area contributed by atoms with Crippen molar-refractivity contribution in [3.05, 3.63) is 46.5 Å². The maximum absolute atomic E-state index is 13.3. The first-order valence-corrected chi connectivity index (χ1v) is 10.2. The van der Waals surface area contributed by atoms with E-state index < -0.39 is 11.6 Å². The maximum Gasteiger partial charge on any atom is 0.325 e. The fourth-order valence-electron chi connectivity index (χ4n) is 3.74. The summed E-state index contributed by atoms with van der Waals surface area (Å²) >= 11 is 6.36. The summed E-state index contributed by atoms with van der Waals surface area (Å²) < 4.78 is 21.9. The molecule has 9 heteroatoms. The number of hydrogen-bond donors (Lipinski definition) is 1. The summed E-state index contributed by atoms with van der Waals surface area (Å²) in [5.41, 5.74) is 0.00291. The van der Waals surface area contributed by atoms with Gasteiger partial charge in [-0.05, 0) is 42.3 Å². The Hall–Kier alpha value is -3.13. The fourth-order valence-corrected chi connectivity index (χ4v) is 4.03. The highest BCUT2D eigenvalue weighted by Crippen LogP contribution is 2.39. The van der Waals surface area contributed by atoms with Crippen LogP contribution in [-0.2, 0) is 16.9 Å². The van der Waals surface area contributed by atoms with Crippen LogP contribution in [0.25, 0.3) is 0 Å². The van der Waals surface area contributed by atoms with Crippen LogP contribution in [0.5, 0.6) is 23.0 Å². The van der Waals surface area contributed by atoms with Crippen molar-refractivity contribution in [2.45, 2.75) is 25.4 Å². The molecule has 0 aliphatic carbocycles. The topological polar surface area (TPSA) is 86.3 Å². The number of carbonyl (C=O) groups is 2. The first-order chi connectivity index (χ1) is 14.9. The molecule has 2 aromatic carbocycles. The van der Waals surface area contributed by atoms with Gasteiger partial charge in [0, 0.05) is 6.42 Å². The number of halogens is 1. The molecule has 0 unspecified atom stereocenters. The maximum atomic E-state index is 13.3. The van der Waals surface area contributed by atoms with Crippen molar-refractivity contribution in [1.29, 1.82) is 0 Å². The van der Waals surface area contributed by atoms with Crippen LogP contribution in [-0.4, -0.2) is 44.3 Å². The minimum Gasteiger partial charge on any atom is -0.493 e. The second kappa shape index (κ2) is 8.19. The number of ether oxygens (including phenoxy) is 4. The molecule has 0 bridgehead atoms. The molecule has 8 nitrogen and oxygen atoms in total. The third-order valence-corrected chi connectivity index (χ3v) is 5.72. The number of fused-ring (bicyclic) bond motifs is 1. The number of carbonyl (C=O) groups excluding carboxylic acids is 2. The molecule has 0 radical (unpaired) electrons. The van der Waals surface area contributed by atoms with Gasteiger partial charge in [0.15, 0.2) is 23.0 Å². The zero-order valence-corrected chi connectivity index (χ0v) is 18.2. The number of nitrogens with one attached hydrogen (secondary N) is 1. The zero-order chi connectivity index (χ0) is 22.2. The molecule has 164 valence electrons. The van der Waals surface area contributed by atoms with Crippen LogP contribution in [0.1, 0.15) is 24.5 Å². The van der Waals surface area contributed by atoms with Crippen molar-refractivity contribution in [2.75, 3.05) is 27.4 Å². The van der Waals surface area contributed by atoms with E-state index in [0.29, 0.717) is 52.4 Å². The Morgan fingerprint density at radius 2 is 1.84 bits per heavy atom. The van der Waals surface area contributed by atoms with Gasteiger partial charge in [-0.3, -0.25) is 9.69 Å².